The van der Waals surface area contributed by atoms with Crippen molar-refractivity contribution in [3.63, 3.8) is 0 Å². The second-order valence-corrected chi connectivity index (χ2v) is 15.8. The van der Waals surface area contributed by atoms with Crippen molar-refractivity contribution in [3.05, 3.63) is 142 Å². The quantitative estimate of drug-likeness (QED) is 0.213. The van der Waals surface area contributed by atoms with Crippen molar-refractivity contribution in [1.29, 1.82) is 0 Å². The van der Waals surface area contributed by atoms with Gasteiger partial charge in [-0.2, -0.15) is 0 Å². The average Bonchev–Trinajstić information content (AvgIpc) is 2.99. The van der Waals surface area contributed by atoms with E-state index >= 15 is 0 Å². The van der Waals surface area contributed by atoms with Crippen LogP contribution < -0.4 is 0 Å². The molecule has 0 nitrogen and oxygen atoms in total. The van der Waals surface area contributed by atoms with E-state index in [-0.39, 0.29) is 0 Å². The molecule has 2 aliphatic heterocycles. The molecule has 0 spiro atoms. The molecule has 0 aromatic heterocycles. The molecule has 41 heavy (non-hydrogen) atoms. The summed E-state index contributed by atoms with van der Waals surface area (Å²) >= 11 is 8.33. The van der Waals surface area contributed by atoms with Gasteiger partial charge in [0.25, 0.3) is 0 Å². The third-order valence-electron chi connectivity index (χ3n) is 7.59. The van der Waals surface area contributed by atoms with Gasteiger partial charge < -0.3 is 0 Å². The van der Waals surface area contributed by atoms with Crippen LogP contribution in [0.3, 0.4) is 0 Å². The molecule has 0 aliphatic carbocycles. The van der Waals surface area contributed by atoms with Gasteiger partial charge in [0.05, 0.1) is 0 Å². The van der Waals surface area contributed by atoms with Crippen LogP contribution in [0.15, 0.2) is 97.1 Å². The van der Waals surface area contributed by atoms with Crippen LogP contribution in [0.2, 0.25) is 0 Å². The molecular weight excluding hydrogens is 573 g/mol. The largest absolute Gasteiger partial charge is 0.123 e. The Morgan fingerprint density at radius 2 is 0.683 bits per heavy atom. The maximum Gasteiger partial charge on any atom is 0.0290 e. The third kappa shape index (κ3) is 6.88. The summed E-state index contributed by atoms with van der Waals surface area (Å²) < 4.78 is 0. The summed E-state index contributed by atoms with van der Waals surface area (Å²) in [4.78, 5) is 5.75. The SMILES string of the molecule is Cc1ccc(C2=C(c3ccc(C)cc3)SC(CC3CSC(c4ccc(C)cc4)=C(c4ccc(C)cc4)S3)CS2)cc1. The number of aryl methyl sites for hydroxylation is 4. The van der Waals surface area contributed by atoms with Gasteiger partial charge in [0, 0.05) is 41.6 Å². The summed E-state index contributed by atoms with van der Waals surface area (Å²) in [6, 6.07) is 36.4. The van der Waals surface area contributed by atoms with Crippen molar-refractivity contribution < 1.29 is 0 Å². The highest BCUT2D eigenvalue weighted by Gasteiger charge is 2.30. The van der Waals surface area contributed by atoms with Gasteiger partial charge in [-0.15, -0.1) is 47.0 Å². The van der Waals surface area contributed by atoms with Gasteiger partial charge in [0.2, 0.25) is 0 Å². The third-order valence-corrected chi connectivity index (χ3v) is 13.6. The van der Waals surface area contributed by atoms with Crippen LogP contribution >= 0.6 is 47.0 Å². The molecule has 0 bridgehead atoms. The van der Waals surface area contributed by atoms with Gasteiger partial charge in [-0.25, -0.2) is 0 Å². The van der Waals surface area contributed by atoms with E-state index in [1.807, 2.05) is 0 Å². The van der Waals surface area contributed by atoms with E-state index in [2.05, 4.69) is 172 Å². The molecule has 0 amide bonds. The number of hydrogen-bond acceptors (Lipinski definition) is 4. The smallest absolute Gasteiger partial charge is 0.0290 e. The fraction of sp³-hybridized carbons (Fsp3) is 0.243. The maximum absolute atomic E-state index is 2.31. The zero-order valence-corrected chi connectivity index (χ0v) is 27.4. The van der Waals surface area contributed by atoms with Crippen molar-refractivity contribution in [3.8, 4) is 0 Å². The van der Waals surface area contributed by atoms with E-state index < -0.39 is 0 Å². The molecule has 4 aromatic carbocycles. The lowest BCUT2D eigenvalue weighted by Gasteiger charge is -2.32. The van der Waals surface area contributed by atoms with Crippen molar-refractivity contribution in [2.24, 2.45) is 0 Å². The van der Waals surface area contributed by atoms with E-state index in [1.54, 1.807) is 0 Å². The minimum atomic E-state index is 0.587. The van der Waals surface area contributed by atoms with E-state index in [0.717, 1.165) is 11.5 Å². The molecule has 0 N–H and O–H groups in total. The summed E-state index contributed by atoms with van der Waals surface area (Å²) in [6.07, 6.45) is 1.21. The minimum Gasteiger partial charge on any atom is -0.123 e. The Kier molecular flexibility index (Phi) is 9.12. The molecular formula is C37H36S4. The van der Waals surface area contributed by atoms with Crippen molar-refractivity contribution in [1.82, 2.24) is 0 Å². The van der Waals surface area contributed by atoms with Crippen molar-refractivity contribution >= 4 is 66.7 Å². The highest BCUT2D eigenvalue weighted by molar-refractivity contribution is 8.18. The molecule has 4 heteroatoms. The molecule has 4 aromatic rings. The maximum atomic E-state index is 2.31. The van der Waals surface area contributed by atoms with E-state index in [4.69, 9.17) is 0 Å². The molecule has 6 rings (SSSR count). The molecule has 0 fully saturated rings. The summed E-state index contributed by atoms with van der Waals surface area (Å²) in [5.74, 6) is 2.30. The van der Waals surface area contributed by atoms with Crippen LogP contribution in [-0.4, -0.2) is 22.0 Å². The van der Waals surface area contributed by atoms with E-state index in [0.29, 0.717) is 10.5 Å². The van der Waals surface area contributed by atoms with Crippen molar-refractivity contribution in [2.45, 2.75) is 44.6 Å². The average molecular weight is 609 g/mol. The monoisotopic (exact) mass is 608 g/mol. The van der Waals surface area contributed by atoms with Crippen LogP contribution in [0, 0.1) is 27.7 Å². The van der Waals surface area contributed by atoms with Crippen LogP contribution in [0.1, 0.15) is 50.9 Å². The normalized spacial score (nSPS) is 19.5. The fourth-order valence-corrected chi connectivity index (χ4v) is 11.3. The predicted molar refractivity (Wildman–Crippen MR) is 191 cm³/mol. The Labute approximate surface area is 262 Å². The lowest BCUT2D eigenvalue weighted by molar-refractivity contribution is 0.822. The molecule has 2 aliphatic rings. The number of hydrogen-bond donors (Lipinski definition) is 0. The molecule has 2 heterocycles. The zero-order chi connectivity index (χ0) is 28.3. The predicted octanol–water partition coefficient (Wildman–Crippen LogP) is 11.4. The first-order chi connectivity index (χ1) is 19.9. The van der Waals surface area contributed by atoms with Gasteiger partial charge >= 0.3 is 0 Å². The lowest BCUT2D eigenvalue weighted by atomic mass is 10.1. The second kappa shape index (κ2) is 13.0. The summed E-state index contributed by atoms with van der Waals surface area (Å²) in [7, 11) is 0. The van der Waals surface area contributed by atoms with Gasteiger partial charge in [-0.1, -0.05) is 119 Å². The summed E-state index contributed by atoms with van der Waals surface area (Å²) in [6.45, 7) is 8.68. The Balaban J connectivity index is 1.27. The van der Waals surface area contributed by atoms with Gasteiger partial charge in [0.15, 0.2) is 0 Å². The second-order valence-electron chi connectivity index (χ2n) is 11.1. The van der Waals surface area contributed by atoms with Gasteiger partial charge in [-0.3, -0.25) is 0 Å². The number of thioether (sulfide) groups is 4. The summed E-state index contributed by atoms with van der Waals surface area (Å²) in [5.41, 5.74) is 10.6. The van der Waals surface area contributed by atoms with Crippen LogP contribution in [0.5, 0.6) is 0 Å². The Bertz CT molecular complexity index is 1440. The van der Waals surface area contributed by atoms with Gasteiger partial charge in [-0.05, 0) is 56.4 Å². The topological polar surface area (TPSA) is 0 Å². The standard InChI is InChI=1S/C37H36S4/c1-24-5-13-28(14-6-24)34-36(30-17-9-26(3)10-18-30)40-32(22-38-34)21-33-23-39-35(29-15-7-25(2)8-16-29)37(41-33)31-19-11-27(4)12-20-31/h5-20,32-33H,21-23H2,1-4H3. The molecule has 0 saturated heterocycles. The van der Waals surface area contributed by atoms with Crippen LogP contribution in [0.4, 0.5) is 0 Å². The molecule has 0 saturated carbocycles. The van der Waals surface area contributed by atoms with Crippen LogP contribution in [0.25, 0.3) is 19.6 Å². The highest BCUT2D eigenvalue weighted by atomic mass is 32.2. The Hall–Kier alpha value is -2.24. The first-order valence-corrected chi connectivity index (χ1v) is 18.0. The zero-order valence-electron chi connectivity index (χ0n) is 24.1. The molecule has 2 atom stereocenters. The molecule has 0 radical (unpaired) electrons. The lowest BCUT2D eigenvalue weighted by Crippen LogP contribution is -2.21. The van der Waals surface area contributed by atoms with E-state index in [1.165, 1.54) is 70.5 Å². The van der Waals surface area contributed by atoms with E-state index in [9.17, 15) is 0 Å². The fourth-order valence-electron chi connectivity index (χ4n) is 5.16. The molecule has 2 unspecified atom stereocenters. The molecule has 208 valence electrons. The highest BCUT2D eigenvalue weighted by Crippen LogP contribution is 2.53. The van der Waals surface area contributed by atoms with Crippen molar-refractivity contribution in [2.75, 3.05) is 11.5 Å². The Morgan fingerprint density at radius 1 is 0.415 bits per heavy atom. The minimum absolute atomic E-state index is 0.587. The van der Waals surface area contributed by atoms with Gasteiger partial charge in [0.1, 0.15) is 0 Å². The first-order valence-electron chi connectivity index (χ1n) is 14.3. The Morgan fingerprint density at radius 3 is 0.976 bits per heavy atom. The summed E-state index contributed by atoms with van der Waals surface area (Å²) in [5, 5.41) is 1.17. The van der Waals surface area contributed by atoms with Crippen LogP contribution in [-0.2, 0) is 0 Å². The number of rotatable bonds is 6. The number of benzene rings is 4. The first kappa shape index (κ1) is 28.9.